The first-order chi connectivity index (χ1) is 8.60. The zero-order chi connectivity index (χ0) is 13.1. The Balaban J connectivity index is 1.88. The Hall–Kier alpha value is -1.88. The van der Waals surface area contributed by atoms with Crippen LogP contribution in [0.5, 0.6) is 0 Å². The van der Waals surface area contributed by atoms with Crippen LogP contribution < -0.4 is 5.32 Å². The van der Waals surface area contributed by atoms with E-state index in [4.69, 9.17) is 5.11 Å². The average Bonchev–Trinajstić information content (AvgIpc) is 2.30. The van der Waals surface area contributed by atoms with Gasteiger partial charge in [-0.2, -0.15) is 0 Å². The Morgan fingerprint density at radius 2 is 1.94 bits per heavy atom. The first kappa shape index (κ1) is 12.6. The van der Waals surface area contributed by atoms with Crippen LogP contribution in [0.3, 0.4) is 0 Å². The van der Waals surface area contributed by atoms with Gasteiger partial charge in [0.05, 0.1) is 0 Å². The molecular formula is C13H16N2O3. The van der Waals surface area contributed by atoms with E-state index in [0.29, 0.717) is 18.8 Å². The summed E-state index contributed by atoms with van der Waals surface area (Å²) in [5, 5.41) is 11.4. The molecule has 2 N–H and O–H groups in total. The molecule has 96 valence electrons. The number of nitrogens with zero attached hydrogens (tertiary/aromatic N) is 1. The molecule has 1 aliphatic heterocycles. The molecule has 0 aromatic heterocycles. The number of hydrogen-bond donors (Lipinski definition) is 2. The molecule has 1 aliphatic rings. The topological polar surface area (TPSA) is 69.6 Å². The van der Waals surface area contributed by atoms with E-state index in [1.165, 1.54) is 4.90 Å². The molecule has 18 heavy (non-hydrogen) atoms. The number of nitrogens with one attached hydrogen (secondary N) is 1. The monoisotopic (exact) mass is 248 g/mol. The Labute approximate surface area is 105 Å². The fourth-order valence-corrected chi connectivity index (χ4v) is 1.82. The van der Waals surface area contributed by atoms with Gasteiger partial charge in [-0.15, -0.1) is 0 Å². The van der Waals surface area contributed by atoms with E-state index in [0.717, 1.165) is 5.56 Å². The van der Waals surface area contributed by atoms with Crippen molar-refractivity contribution in [3.05, 3.63) is 29.8 Å². The smallest absolute Gasteiger partial charge is 0.313 e. The van der Waals surface area contributed by atoms with Crippen molar-refractivity contribution in [2.75, 3.05) is 25.0 Å². The fraction of sp³-hybridized carbons (Fsp3) is 0.385. The standard InChI is InChI=1S/C13H16N2O3/c1-9-2-4-11(5-3-9)14-12(17)13(18)15-6-10(7-15)8-16/h2-5,10,16H,6-8H2,1H3,(H,14,17). The summed E-state index contributed by atoms with van der Waals surface area (Å²) in [6.07, 6.45) is 0. The van der Waals surface area contributed by atoms with Gasteiger partial charge in [0.15, 0.2) is 0 Å². The quantitative estimate of drug-likeness (QED) is 0.744. The lowest BCUT2D eigenvalue weighted by Gasteiger charge is -2.37. The molecule has 0 saturated carbocycles. The molecule has 0 atom stereocenters. The number of amides is 2. The van der Waals surface area contributed by atoms with Crippen LogP contribution in [0.2, 0.25) is 0 Å². The highest BCUT2D eigenvalue weighted by molar-refractivity contribution is 6.39. The minimum Gasteiger partial charge on any atom is -0.396 e. The van der Waals surface area contributed by atoms with Crippen molar-refractivity contribution in [2.45, 2.75) is 6.92 Å². The second-order valence-corrected chi connectivity index (χ2v) is 4.58. The van der Waals surface area contributed by atoms with E-state index < -0.39 is 11.8 Å². The summed E-state index contributed by atoms with van der Waals surface area (Å²) in [6, 6.07) is 7.25. The van der Waals surface area contributed by atoms with Crippen LogP contribution in [0, 0.1) is 12.8 Å². The number of hydrogen-bond acceptors (Lipinski definition) is 3. The number of carbonyl (C=O) groups excluding carboxylic acids is 2. The average molecular weight is 248 g/mol. The third kappa shape index (κ3) is 2.68. The van der Waals surface area contributed by atoms with Crippen LogP contribution >= 0.6 is 0 Å². The van der Waals surface area contributed by atoms with Crippen LogP contribution in [0.15, 0.2) is 24.3 Å². The lowest BCUT2D eigenvalue weighted by atomic mass is 10.0. The van der Waals surface area contributed by atoms with Crippen molar-refractivity contribution in [1.82, 2.24) is 4.90 Å². The summed E-state index contributed by atoms with van der Waals surface area (Å²) >= 11 is 0. The first-order valence-electron chi connectivity index (χ1n) is 5.88. The molecular weight excluding hydrogens is 232 g/mol. The van der Waals surface area contributed by atoms with Crippen LogP contribution in [-0.4, -0.2) is 41.5 Å². The van der Waals surface area contributed by atoms with Gasteiger partial charge in [0, 0.05) is 31.3 Å². The Bertz CT molecular complexity index is 450. The molecule has 5 nitrogen and oxygen atoms in total. The summed E-state index contributed by atoms with van der Waals surface area (Å²) in [7, 11) is 0. The van der Waals surface area contributed by atoms with Crippen molar-refractivity contribution in [2.24, 2.45) is 5.92 Å². The third-order valence-corrected chi connectivity index (χ3v) is 3.01. The number of aliphatic hydroxyl groups excluding tert-OH is 1. The van der Waals surface area contributed by atoms with E-state index in [1.54, 1.807) is 12.1 Å². The van der Waals surface area contributed by atoms with Gasteiger partial charge in [-0.05, 0) is 19.1 Å². The Morgan fingerprint density at radius 3 is 2.50 bits per heavy atom. The highest BCUT2D eigenvalue weighted by atomic mass is 16.3. The maximum Gasteiger partial charge on any atom is 0.313 e. The van der Waals surface area contributed by atoms with Crippen LogP contribution in [0.4, 0.5) is 5.69 Å². The van der Waals surface area contributed by atoms with Crippen LogP contribution in [0.1, 0.15) is 5.56 Å². The van der Waals surface area contributed by atoms with Crippen molar-refractivity contribution in [1.29, 1.82) is 0 Å². The maximum absolute atomic E-state index is 11.7. The lowest BCUT2D eigenvalue weighted by molar-refractivity contribution is -0.148. The molecule has 1 fully saturated rings. The second-order valence-electron chi connectivity index (χ2n) is 4.58. The van der Waals surface area contributed by atoms with Crippen molar-refractivity contribution in [3.63, 3.8) is 0 Å². The van der Waals surface area contributed by atoms with Crippen LogP contribution in [-0.2, 0) is 9.59 Å². The van der Waals surface area contributed by atoms with Crippen LogP contribution in [0.25, 0.3) is 0 Å². The highest BCUT2D eigenvalue weighted by Crippen LogP contribution is 2.15. The normalized spacial score (nSPS) is 15.1. The summed E-state index contributed by atoms with van der Waals surface area (Å²) in [5.41, 5.74) is 1.70. The van der Waals surface area contributed by atoms with E-state index in [2.05, 4.69) is 5.32 Å². The number of carbonyl (C=O) groups is 2. The first-order valence-corrected chi connectivity index (χ1v) is 5.88. The predicted molar refractivity (Wildman–Crippen MR) is 67.0 cm³/mol. The van der Waals surface area contributed by atoms with Gasteiger partial charge in [0.1, 0.15) is 0 Å². The van der Waals surface area contributed by atoms with Gasteiger partial charge in [0.25, 0.3) is 0 Å². The molecule has 1 saturated heterocycles. The third-order valence-electron chi connectivity index (χ3n) is 3.01. The summed E-state index contributed by atoms with van der Waals surface area (Å²) in [6.45, 7) is 2.92. The van der Waals surface area contributed by atoms with Crippen molar-refractivity contribution >= 4 is 17.5 Å². The molecule has 2 amide bonds. The minimum atomic E-state index is -0.629. The van der Waals surface area contributed by atoms with E-state index in [1.807, 2.05) is 19.1 Å². The number of rotatable bonds is 2. The number of aryl methyl sites for hydroxylation is 1. The van der Waals surface area contributed by atoms with Gasteiger partial charge in [0.2, 0.25) is 0 Å². The maximum atomic E-state index is 11.7. The molecule has 0 spiro atoms. The zero-order valence-corrected chi connectivity index (χ0v) is 10.2. The Kier molecular flexibility index (Phi) is 3.62. The molecule has 1 aromatic rings. The molecule has 1 aromatic carbocycles. The molecule has 5 heteroatoms. The zero-order valence-electron chi connectivity index (χ0n) is 10.2. The fourth-order valence-electron chi connectivity index (χ4n) is 1.82. The van der Waals surface area contributed by atoms with Gasteiger partial charge < -0.3 is 15.3 Å². The van der Waals surface area contributed by atoms with Gasteiger partial charge in [-0.3, -0.25) is 9.59 Å². The molecule has 0 unspecified atom stereocenters. The van der Waals surface area contributed by atoms with E-state index in [-0.39, 0.29) is 12.5 Å². The second kappa shape index (κ2) is 5.18. The van der Waals surface area contributed by atoms with E-state index in [9.17, 15) is 9.59 Å². The molecule has 0 aliphatic carbocycles. The molecule has 2 rings (SSSR count). The highest BCUT2D eigenvalue weighted by Gasteiger charge is 2.33. The Morgan fingerprint density at radius 1 is 1.33 bits per heavy atom. The van der Waals surface area contributed by atoms with Crippen molar-refractivity contribution in [3.8, 4) is 0 Å². The molecule has 0 radical (unpaired) electrons. The summed E-state index contributed by atoms with van der Waals surface area (Å²) < 4.78 is 0. The van der Waals surface area contributed by atoms with Gasteiger partial charge in [-0.1, -0.05) is 17.7 Å². The molecule has 0 bridgehead atoms. The lowest BCUT2D eigenvalue weighted by Crippen LogP contribution is -2.54. The van der Waals surface area contributed by atoms with Gasteiger partial charge >= 0.3 is 11.8 Å². The number of benzene rings is 1. The van der Waals surface area contributed by atoms with E-state index >= 15 is 0 Å². The van der Waals surface area contributed by atoms with Gasteiger partial charge in [-0.25, -0.2) is 0 Å². The SMILES string of the molecule is Cc1ccc(NC(=O)C(=O)N2CC(CO)C2)cc1. The summed E-state index contributed by atoms with van der Waals surface area (Å²) in [4.78, 5) is 24.8. The number of aliphatic hydroxyl groups is 1. The number of anilines is 1. The van der Waals surface area contributed by atoms with Crippen molar-refractivity contribution < 1.29 is 14.7 Å². The largest absolute Gasteiger partial charge is 0.396 e. The minimum absolute atomic E-state index is 0.0589. The molecule has 1 heterocycles. The summed E-state index contributed by atoms with van der Waals surface area (Å²) in [5.74, 6) is -1.06. The predicted octanol–water partition coefficient (Wildman–Crippen LogP) is 0.384. The number of likely N-dealkylation sites (tertiary alicyclic amines) is 1.